The first-order valence-electron chi connectivity index (χ1n) is 24.0. The first kappa shape index (κ1) is 54.2. The van der Waals surface area contributed by atoms with Gasteiger partial charge in [-0.1, -0.05) is 54.6 Å². The highest BCUT2D eigenvalue weighted by Gasteiger charge is 2.22. The molecule has 8 N–H and O–H groups in total. The monoisotopic (exact) mass is 1050 g/mol. The number of halogens is 3. The first-order chi connectivity index (χ1) is 35.0. The summed E-state index contributed by atoms with van der Waals surface area (Å²) < 4.78 is 6.48. The van der Waals surface area contributed by atoms with E-state index in [4.69, 9.17) is 38.0 Å². The van der Waals surface area contributed by atoms with Crippen LogP contribution in [-0.2, 0) is 0 Å². The standard InChI is InChI=1S/C22H22N4.C20H18N4.C18H14N4.3ClH/c1-3-25(4-2)18-11-13-20-22(15-18)26(17-8-6-5-7-9-17)21-14-16(23)10-12-19(21)24-20;1-12-8-17-19(10-15(12)21)24(14-6-4-3-5-7-14)20-11-16(22)13(2)9-18(20)23-17;19-12-6-8-15-17(10-12)22(14-4-2-1-3-5-14)18-11-13(20)7-9-16(18)21-15;;;/h5-15,23H,3-4H2,1-2H3;3-11,21H,22H2,1-2H3;1-11,19H,20H2;3*1H. The number of fused-ring (bicyclic) bond motifs is 6. The van der Waals surface area contributed by atoms with Crippen molar-refractivity contribution in [2.75, 3.05) is 35.2 Å². The highest BCUT2D eigenvalue weighted by Crippen LogP contribution is 2.32. The molecule has 0 spiro atoms. The summed E-state index contributed by atoms with van der Waals surface area (Å²) in [7, 11) is 0. The number of hydrogen-bond acceptors (Lipinski definition) is 9. The van der Waals surface area contributed by atoms with E-state index in [0.29, 0.717) is 16.4 Å². The van der Waals surface area contributed by atoms with Crippen LogP contribution in [-0.4, -0.2) is 37.2 Å². The second-order valence-electron chi connectivity index (χ2n) is 17.7. The van der Waals surface area contributed by atoms with Gasteiger partial charge in [-0.2, -0.15) is 0 Å². The average molecular weight is 1050 g/mol. The molecule has 0 unspecified atom stereocenters. The maximum absolute atomic E-state index is 8.18. The summed E-state index contributed by atoms with van der Waals surface area (Å²) in [4.78, 5) is 16.7. The number of nitrogens with one attached hydrogen (secondary N) is 2. The number of hydrogen-bond donors (Lipinski definition) is 5. The molecule has 0 fully saturated rings. The van der Waals surface area contributed by atoms with Crippen LogP contribution in [0.25, 0.3) is 84.0 Å². The van der Waals surface area contributed by atoms with Crippen molar-refractivity contribution in [1.29, 1.82) is 10.8 Å². The number of nitrogens with two attached hydrogens (primary N) is 3. The van der Waals surface area contributed by atoms with E-state index in [1.807, 2.05) is 141 Å². The van der Waals surface area contributed by atoms with E-state index < -0.39 is 0 Å². The Morgan fingerprint density at radius 3 is 1.65 bits per heavy atom. The van der Waals surface area contributed by atoms with Gasteiger partial charge in [0.2, 0.25) is 16.7 Å². The smallest absolute Gasteiger partial charge is 0.239 e. The summed E-state index contributed by atoms with van der Waals surface area (Å²) in [6.45, 7) is 10.2. The zero-order valence-corrected chi connectivity index (χ0v) is 44.3. The van der Waals surface area contributed by atoms with E-state index in [0.717, 1.165) is 120 Å². The van der Waals surface area contributed by atoms with Crippen molar-refractivity contribution in [3.8, 4) is 39.8 Å². The summed E-state index contributed by atoms with van der Waals surface area (Å²) in [5.74, 6) is 0. The molecule has 75 heavy (non-hydrogen) atoms. The Kier molecular flexibility index (Phi) is 16.7. The van der Waals surface area contributed by atoms with Gasteiger partial charge in [0.25, 0.3) is 0 Å². The number of rotatable bonds is 6. The van der Waals surface area contributed by atoms with Crippen LogP contribution in [0.4, 0.5) is 22.7 Å². The van der Waals surface area contributed by atoms with Crippen LogP contribution in [0, 0.1) is 24.7 Å². The van der Waals surface area contributed by atoms with Crippen molar-refractivity contribution in [2.45, 2.75) is 27.7 Å². The third-order valence-electron chi connectivity index (χ3n) is 13.0. The Morgan fingerprint density at radius 1 is 0.493 bits per heavy atom. The van der Waals surface area contributed by atoms with Crippen molar-refractivity contribution in [3.63, 3.8) is 0 Å². The maximum Gasteiger partial charge on any atom is 0.239 e. The Hall–Kier alpha value is -8.55. The summed E-state index contributed by atoms with van der Waals surface area (Å²) in [5, 5.41) is 17.1. The Balaban J connectivity index is 0.000000161. The molecule has 1 aromatic heterocycles. The van der Waals surface area contributed by atoms with Gasteiger partial charge in [-0.3, -0.25) is 0 Å². The molecule has 3 heterocycles. The molecule has 4 aliphatic rings. The van der Waals surface area contributed by atoms with Gasteiger partial charge in [0.15, 0.2) is 0 Å². The van der Waals surface area contributed by atoms with E-state index >= 15 is 0 Å². The molecule has 7 aromatic carbocycles. The van der Waals surface area contributed by atoms with Crippen LogP contribution in [0.2, 0.25) is 0 Å². The molecule has 12 rings (SSSR count). The fourth-order valence-electron chi connectivity index (χ4n) is 9.26. The molecule has 0 atom stereocenters. The highest BCUT2D eigenvalue weighted by molar-refractivity contribution is 5.89. The lowest BCUT2D eigenvalue weighted by molar-refractivity contribution is -0.538. The topological polar surface area (TPSA) is 181 Å². The molecule has 2 aliphatic heterocycles. The third kappa shape index (κ3) is 10.9. The zero-order chi connectivity index (χ0) is 50.0. The summed E-state index contributed by atoms with van der Waals surface area (Å²) >= 11 is 0. The van der Waals surface area contributed by atoms with Crippen LogP contribution in [0.15, 0.2) is 188 Å². The van der Waals surface area contributed by atoms with Gasteiger partial charge in [-0.25, -0.2) is 15.0 Å². The fourth-order valence-corrected chi connectivity index (χ4v) is 9.26. The molecule has 0 saturated carbocycles. The van der Waals surface area contributed by atoms with Crippen molar-refractivity contribution in [1.82, 2.24) is 24.1 Å². The third-order valence-corrected chi connectivity index (χ3v) is 13.0. The van der Waals surface area contributed by atoms with E-state index in [-0.39, 0.29) is 37.2 Å². The summed E-state index contributed by atoms with van der Waals surface area (Å²) in [5.41, 5.74) is 37.9. The van der Waals surface area contributed by atoms with Crippen LogP contribution in [0.3, 0.4) is 0 Å². The van der Waals surface area contributed by atoms with E-state index in [1.165, 1.54) is 5.69 Å². The van der Waals surface area contributed by atoms with Crippen molar-refractivity contribution in [2.24, 2.45) is 0 Å². The Morgan fingerprint density at radius 2 is 1.03 bits per heavy atom. The molecule has 0 saturated heterocycles. The van der Waals surface area contributed by atoms with Gasteiger partial charge < -0.3 is 54.5 Å². The Labute approximate surface area is 453 Å². The predicted octanol–water partition coefficient (Wildman–Crippen LogP) is 8.94. The Bertz CT molecular complexity index is 4010. The number of nitrogens with zero attached hydrogens (tertiary/aromatic N) is 7. The van der Waals surface area contributed by atoms with Gasteiger partial charge in [0.05, 0.1) is 55.6 Å². The second-order valence-corrected chi connectivity index (χ2v) is 17.7. The number of aromatic nitrogens is 6. The second kappa shape index (κ2) is 23.1. The molecular weight excluding hydrogens is 995 g/mol. The largest absolute Gasteiger partial charge is 1.00 e. The maximum atomic E-state index is 8.18. The number of aryl methyl sites for hydroxylation is 2. The molecule has 12 nitrogen and oxygen atoms in total. The van der Waals surface area contributed by atoms with E-state index in [9.17, 15) is 0 Å². The van der Waals surface area contributed by atoms with Crippen molar-refractivity contribution < 1.29 is 17.0 Å². The lowest BCUT2D eigenvalue weighted by atomic mass is 10.1. The van der Waals surface area contributed by atoms with Gasteiger partial charge in [0.1, 0.15) is 11.0 Å². The normalized spacial score (nSPS) is 10.7. The minimum Gasteiger partial charge on any atom is -1.00 e. The number of benzene rings is 9. The van der Waals surface area contributed by atoms with Gasteiger partial charge >= 0.3 is 0 Å². The van der Waals surface area contributed by atoms with Gasteiger partial charge in [-0.15, -0.1) is 29.4 Å². The molecule has 0 bridgehead atoms. The average Bonchev–Trinajstić information content (AvgIpc) is 3.40. The molecule has 0 amide bonds. The molecule has 0 radical (unpaired) electrons. The fraction of sp³-hybridized carbons (Fsp3) is 0.100. The molecule has 2 aliphatic carbocycles. The van der Waals surface area contributed by atoms with E-state index in [2.05, 4.69) is 92.0 Å². The van der Waals surface area contributed by atoms with E-state index in [1.54, 1.807) is 6.07 Å². The van der Waals surface area contributed by atoms with Crippen LogP contribution >= 0.6 is 24.8 Å². The number of nitrogen functional groups attached to an aromatic ring is 3. The highest BCUT2D eigenvalue weighted by atomic mass is 35.5. The molecule has 8 aromatic rings. The van der Waals surface area contributed by atoms with Crippen molar-refractivity contribution in [3.05, 3.63) is 210 Å². The minimum absolute atomic E-state index is 0. The zero-order valence-electron chi connectivity index (χ0n) is 41.9. The summed E-state index contributed by atoms with van der Waals surface area (Å²) in [6, 6.07) is 62.0. The lowest BCUT2D eigenvalue weighted by Gasteiger charge is -2.20. The molecule has 378 valence electrons. The predicted molar refractivity (Wildman–Crippen MR) is 309 cm³/mol. The minimum atomic E-state index is 0. The number of para-hydroxylation sites is 3. The first-order valence-corrected chi connectivity index (χ1v) is 24.0. The lowest BCUT2D eigenvalue weighted by Crippen LogP contribution is -3.00. The van der Waals surface area contributed by atoms with Crippen molar-refractivity contribution >= 4 is 91.7 Å². The van der Waals surface area contributed by atoms with Gasteiger partial charge in [-0.05, 0) is 148 Å². The van der Waals surface area contributed by atoms with Crippen LogP contribution in [0.1, 0.15) is 25.0 Å². The van der Waals surface area contributed by atoms with Crippen LogP contribution in [0.5, 0.6) is 0 Å². The number of anilines is 4. The summed E-state index contributed by atoms with van der Waals surface area (Å²) in [6.07, 6.45) is 0. The molecule has 15 heteroatoms. The van der Waals surface area contributed by atoms with Crippen LogP contribution < -0.4 is 49.8 Å². The SMILES string of the molecule is CCN(CC)c1ccc2nc3ccc(N)cc3[n+](-c3ccccc3)c2c1.Cc1cc2nc3cc(C)c(=N)cc-3n(-c3ccccc3)c2cc1N.Cl.Cl.N=c1ccc2nc3ccc(N)cc3n(-c3ccccc3)c-2c1.[Cl-]. The quantitative estimate of drug-likeness (QED) is 0.0626. The van der Waals surface area contributed by atoms with Gasteiger partial charge in [0, 0.05) is 71.5 Å². The molecular formula is C60H57Cl3N12.